The minimum Gasteiger partial charge on any atom is -0.496 e. The molecular formula is C17H13ClO4. The van der Waals surface area contributed by atoms with Crippen molar-refractivity contribution in [2.45, 2.75) is 0 Å². The van der Waals surface area contributed by atoms with Crippen molar-refractivity contribution in [3.63, 3.8) is 0 Å². The van der Waals surface area contributed by atoms with Crippen LogP contribution in [0.25, 0.3) is 22.3 Å². The SMILES string of the molecule is COc1cc(OC)c2c(=O)cc(-c3ccccc3Cl)oc2c1. The van der Waals surface area contributed by atoms with Crippen LogP contribution < -0.4 is 14.9 Å². The molecule has 0 aliphatic heterocycles. The van der Waals surface area contributed by atoms with Gasteiger partial charge in [-0.2, -0.15) is 0 Å². The van der Waals surface area contributed by atoms with E-state index in [1.54, 1.807) is 24.3 Å². The van der Waals surface area contributed by atoms with Crippen molar-refractivity contribution in [1.82, 2.24) is 0 Å². The molecule has 112 valence electrons. The third-order valence-corrected chi connectivity index (χ3v) is 3.69. The molecule has 0 unspecified atom stereocenters. The van der Waals surface area contributed by atoms with Crippen LogP contribution >= 0.6 is 11.6 Å². The molecular weight excluding hydrogens is 304 g/mol. The second kappa shape index (κ2) is 5.73. The Labute approximate surface area is 131 Å². The molecule has 0 radical (unpaired) electrons. The summed E-state index contributed by atoms with van der Waals surface area (Å²) < 4.78 is 16.3. The molecule has 0 aliphatic carbocycles. The van der Waals surface area contributed by atoms with E-state index < -0.39 is 0 Å². The largest absolute Gasteiger partial charge is 0.496 e. The van der Waals surface area contributed by atoms with Gasteiger partial charge in [-0.05, 0) is 12.1 Å². The molecule has 1 aromatic heterocycles. The highest BCUT2D eigenvalue weighted by Crippen LogP contribution is 2.33. The third-order valence-electron chi connectivity index (χ3n) is 3.36. The van der Waals surface area contributed by atoms with E-state index in [1.165, 1.54) is 20.3 Å². The first-order valence-corrected chi connectivity index (χ1v) is 6.96. The average Bonchev–Trinajstić information content (AvgIpc) is 2.53. The molecule has 0 saturated heterocycles. The van der Waals surface area contributed by atoms with Gasteiger partial charge in [-0.25, -0.2) is 0 Å². The Bertz CT molecular complexity index is 899. The number of halogens is 1. The van der Waals surface area contributed by atoms with Crippen LogP contribution in [0.1, 0.15) is 0 Å². The lowest BCUT2D eigenvalue weighted by Crippen LogP contribution is -2.03. The summed E-state index contributed by atoms with van der Waals surface area (Å²) in [5.41, 5.74) is 0.847. The van der Waals surface area contributed by atoms with Crippen LogP contribution in [-0.2, 0) is 0 Å². The van der Waals surface area contributed by atoms with Crippen molar-refractivity contribution in [3.8, 4) is 22.8 Å². The van der Waals surface area contributed by atoms with Crippen molar-refractivity contribution in [2.75, 3.05) is 14.2 Å². The number of fused-ring (bicyclic) bond motifs is 1. The molecule has 3 aromatic rings. The minimum atomic E-state index is -0.198. The Morgan fingerprint density at radius 1 is 1.05 bits per heavy atom. The van der Waals surface area contributed by atoms with Gasteiger partial charge in [0.2, 0.25) is 0 Å². The molecule has 0 aliphatic rings. The van der Waals surface area contributed by atoms with E-state index in [2.05, 4.69) is 0 Å². The van der Waals surface area contributed by atoms with E-state index in [-0.39, 0.29) is 5.43 Å². The average molecular weight is 317 g/mol. The third kappa shape index (κ3) is 2.42. The molecule has 0 N–H and O–H groups in total. The lowest BCUT2D eigenvalue weighted by Gasteiger charge is -2.09. The number of hydrogen-bond acceptors (Lipinski definition) is 4. The summed E-state index contributed by atoms with van der Waals surface area (Å²) in [5, 5.41) is 0.888. The van der Waals surface area contributed by atoms with E-state index in [1.807, 2.05) is 12.1 Å². The molecule has 4 nitrogen and oxygen atoms in total. The summed E-state index contributed by atoms with van der Waals surface area (Å²) in [6, 6.07) is 11.9. The fraction of sp³-hybridized carbons (Fsp3) is 0.118. The van der Waals surface area contributed by atoms with E-state index in [9.17, 15) is 4.79 Å². The summed E-state index contributed by atoms with van der Waals surface area (Å²) >= 11 is 6.17. The van der Waals surface area contributed by atoms with Gasteiger partial charge in [-0.1, -0.05) is 23.7 Å². The summed E-state index contributed by atoms with van der Waals surface area (Å²) in [5.74, 6) is 1.36. The zero-order valence-corrected chi connectivity index (χ0v) is 12.8. The zero-order chi connectivity index (χ0) is 15.7. The van der Waals surface area contributed by atoms with Gasteiger partial charge in [0, 0.05) is 23.8 Å². The molecule has 2 aromatic carbocycles. The summed E-state index contributed by atoms with van der Waals surface area (Å²) in [7, 11) is 3.03. The summed E-state index contributed by atoms with van der Waals surface area (Å²) in [6.45, 7) is 0. The molecule has 5 heteroatoms. The van der Waals surface area contributed by atoms with Crippen LogP contribution in [0, 0.1) is 0 Å². The molecule has 0 atom stereocenters. The molecule has 0 amide bonds. The number of benzene rings is 2. The van der Waals surface area contributed by atoms with Gasteiger partial charge in [0.1, 0.15) is 28.2 Å². The van der Waals surface area contributed by atoms with Gasteiger partial charge >= 0.3 is 0 Å². The Hall–Kier alpha value is -2.46. The topological polar surface area (TPSA) is 48.7 Å². The van der Waals surface area contributed by atoms with Crippen LogP contribution in [0.4, 0.5) is 0 Å². The fourth-order valence-electron chi connectivity index (χ4n) is 2.30. The lowest BCUT2D eigenvalue weighted by atomic mass is 10.1. The van der Waals surface area contributed by atoms with Crippen molar-refractivity contribution in [1.29, 1.82) is 0 Å². The Balaban J connectivity index is 2.33. The second-order valence-electron chi connectivity index (χ2n) is 4.66. The molecule has 0 saturated carbocycles. The molecule has 3 rings (SSSR count). The predicted octanol–water partition coefficient (Wildman–Crippen LogP) is 4.13. The van der Waals surface area contributed by atoms with Crippen LogP contribution in [0.2, 0.25) is 5.02 Å². The van der Waals surface area contributed by atoms with E-state index >= 15 is 0 Å². The second-order valence-corrected chi connectivity index (χ2v) is 5.06. The van der Waals surface area contributed by atoms with Crippen molar-refractivity contribution in [3.05, 3.63) is 57.7 Å². The summed E-state index contributed by atoms with van der Waals surface area (Å²) in [4.78, 5) is 12.4. The standard InChI is InChI=1S/C17H13ClO4/c1-20-10-7-15(21-2)17-13(19)9-14(22-16(17)8-10)11-5-3-4-6-12(11)18/h3-9H,1-2H3. The molecule has 1 heterocycles. The van der Waals surface area contributed by atoms with Gasteiger partial charge in [0.15, 0.2) is 5.43 Å². The maximum Gasteiger partial charge on any atom is 0.197 e. The van der Waals surface area contributed by atoms with E-state index in [0.717, 1.165) is 0 Å². The fourth-order valence-corrected chi connectivity index (χ4v) is 2.53. The van der Waals surface area contributed by atoms with Gasteiger partial charge in [-0.15, -0.1) is 0 Å². The Morgan fingerprint density at radius 3 is 2.50 bits per heavy atom. The van der Waals surface area contributed by atoms with Gasteiger partial charge in [0.05, 0.1) is 19.2 Å². The normalized spacial score (nSPS) is 10.7. The van der Waals surface area contributed by atoms with Gasteiger partial charge in [0.25, 0.3) is 0 Å². The summed E-state index contributed by atoms with van der Waals surface area (Å²) in [6.07, 6.45) is 0. The monoisotopic (exact) mass is 316 g/mol. The number of rotatable bonds is 3. The molecule has 22 heavy (non-hydrogen) atoms. The maximum absolute atomic E-state index is 12.4. The first-order valence-electron chi connectivity index (χ1n) is 6.59. The van der Waals surface area contributed by atoms with Crippen LogP contribution in [0.15, 0.2) is 51.7 Å². The Morgan fingerprint density at radius 2 is 1.82 bits per heavy atom. The van der Waals surface area contributed by atoms with E-state index in [0.29, 0.717) is 38.8 Å². The first-order chi connectivity index (χ1) is 10.6. The number of hydrogen-bond donors (Lipinski definition) is 0. The minimum absolute atomic E-state index is 0.198. The maximum atomic E-state index is 12.4. The predicted molar refractivity (Wildman–Crippen MR) is 86.0 cm³/mol. The number of ether oxygens (including phenoxy) is 2. The van der Waals surface area contributed by atoms with Crippen LogP contribution in [0.3, 0.4) is 0 Å². The van der Waals surface area contributed by atoms with Crippen molar-refractivity contribution >= 4 is 22.6 Å². The highest BCUT2D eigenvalue weighted by atomic mass is 35.5. The van der Waals surface area contributed by atoms with Crippen LogP contribution in [-0.4, -0.2) is 14.2 Å². The van der Waals surface area contributed by atoms with Crippen molar-refractivity contribution in [2.24, 2.45) is 0 Å². The van der Waals surface area contributed by atoms with E-state index in [4.69, 9.17) is 25.5 Å². The number of methoxy groups -OCH3 is 2. The highest BCUT2D eigenvalue weighted by molar-refractivity contribution is 6.33. The van der Waals surface area contributed by atoms with Crippen LogP contribution in [0.5, 0.6) is 11.5 Å². The highest BCUT2D eigenvalue weighted by Gasteiger charge is 2.14. The van der Waals surface area contributed by atoms with Gasteiger partial charge in [-0.3, -0.25) is 4.79 Å². The quantitative estimate of drug-likeness (QED) is 0.729. The molecule has 0 spiro atoms. The zero-order valence-electron chi connectivity index (χ0n) is 12.1. The smallest absolute Gasteiger partial charge is 0.197 e. The Kier molecular flexibility index (Phi) is 3.77. The first kappa shape index (κ1) is 14.5. The molecule has 0 bridgehead atoms. The van der Waals surface area contributed by atoms with Gasteiger partial charge < -0.3 is 13.9 Å². The lowest BCUT2D eigenvalue weighted by molar-refractivity contribution is 0.396. The van der Waals surface area contributed by atoms with Crippen molar-refractivity contribution < 1.29 is 13.9 Å². The molecule has 0 fully saturated rings.